The van der Waals surface area contributed by atoms with E-state index in [-0.39, 0.29) is 11.9 Å². The minimum atomic E-state index is -0.625. The van der Waals surface area contributed by atoms with Gasteiger partial charge in [-0.1, -0.05) is 6.07 Å². The fourth-order valence-corrected chi connectivity index (χ4v) is 2.24. The summed E-state index contributed by atoms with van der Waals surface area (Å²) in [5, 5.41) is 15.4. The quantitative estimate of drug-likeness (QED) is 0.401. The van der Waals surface area contributed by atoms with E-state index in [0.717, 1.165) is 31.6 Å². The van der Waals surface area contributed by atoms with E-state index >= 15 is 0 Å². The average molecular weight is 325 g/mol. The molecule has 0 aliphatic carbocycles. The molecule has 128 valence electrons. The zero-order valence-corrected chi connectivity index (χ0v) is 13.3. The van der Waals surface area contributed by atoms with Crippen LogP contribution in [0, 0.1) is 5.82 Å². The van der Waals surface area contributed by atoms with Crippen molar-refractivity contribution in [2.45, 2.75) is 25.5 Å². The number of aliphatic imine (C=N–C) groups is 1. The summed E-state index contributed by atoms with van der Waals surface area (Å²) in [6.07, 6.45) is 2.07. The largest absolute Gasteiger partial charge is 0.505 e. The fraction of sp³-hybridized carbons (Fsp3) is 0.562. The first-order chi connectivity index (χ1) is 11.2. The Labute approximate surface area is 135 Å². The molecule has 6 nitrogen and oxygen atoms in total. The average Bonchev–Trinajstić information content (AvgIpc) is 3.06. The summed E-state index contributed by atoms with van der Waals surface area (Å²) in [7, 11) is 1.68. The van der Waals surface area contributed by atoms with Gasteiger partial charge in [0.25, 0.3) is 0 Å². The van der Waals surface area contributed by atoms with Gasteiger partial charge in [-0.15, -0.1) is 0 Å². The van der Waals surface area contributed by atoms with Crippen LogP contribution in [0.3, 0.4) is 0 Å². The Kier molecular flexibility index (Phi) is 7.09. The summed E-state index contributed by atoms with van der Waals surface area (Å²) >= 11 is 0. The molecule has 0 saturated carbocycles. The van der Waals surface area contributed by atoms with Gasteiger partial charge >= 0.3 is 0 Å². The molecule has 1 fully saturated rings. The third kappa shape index (κ3) is 6.03. The normalized spacial score (nSPS) is 18.2. The van der Waals surface area contributed by atoms with Crippen molar-refractivity contribution in [2.75, 3.05) is 33.4 Å². The Morgan fingerprint density at radius 1 is 1.48 bits per heavy atom. The number of ether oxygens (including phenoxy) is 2. The number of guanidine groups is 1. The van der Waals surface area contributed by atoms with Gasteiger partial charge in [-0.05, 0) is 30.5 Å². The number of halogens is 1. The highest BCUT2D eigenvalue weighted by molar-refractivity contribution is 5.79. The number of benzene rings is 1. The smallest absolute Gasteiger partial charge is 0.191 e. The molecular formula is C16H24FN3O3. The number of phenols is 1. The maximum absolute atomic E-state index is 13.3. The second-order valence-electron chi connectivity index (χ2n) is 5.35. The van der Waals surface area contributed by atoms with E-state index in [0.29, 0.717) is 25.7 Å². The number of aromatic hydroxyl groups is 1. The number of hydrogen-bond donors (Lipinski definition) is 3. The van der Waals surface area contributed by atoms with Crippen LogP contribution in [0.4, 0.5) is 4.39 Å². The van der Waals surface area contributed by atoms with Crippen LogP contribution in [0.2, 0.25) is 0 Å². The van der Waals surface area contributed by atoms with Crippen LogP contribution in [0.15, 0.2) is 23.2 Å². The van der Waals surface area contributed by atoms with Crippen LogP contribution in [-0.2, 0) is 16.0 Å². The van der Waals surface area contributed by atoms with Gasteiger partial charge in [0.1, 0.15) is 0 Å². The van der Waals surface area contributed by atoms with E-state index in [4.69, 9.17) is 14.6 Å². The standard InChI is InChI=1S/C16H24FN3O3/c1-18-16(19-6-2-7-23-13-5-8-22-11-13)20-10-12-3-4-15(21)14(17)9-12/h3-4,9,13,21H,2,5-8,10-11H2,1H3,(H2,18,19,20). The van der Waals surface area contributed by atoms with Crippen LogP contribution in [0.25, 0.3) is 0 Å². The molecule has 2 rings (SSSR count). The van der Waals surface area contributed by atoms with E-state index in [1.54, 1.807) is 13.1 Å². The molecule has 1 aromatic carbocycles. The molecular weight excluding hydrogens is 301 g/mol. The molecule has 23 heavy (non-hydrogen) atoms. The number of phenolic OH excluding ortho intramolecular Hbond substituents is 1. The highest BCUT2D eigenvalue weighted by Gasteiger charge is 2.15. The van der Waals surface area contributed by atoms with Crippen molar-refractivity contribution in [1.82, 2.24) is 10.6 Å². The Balaban J connectivity index is 1.61. The molecule has 1 saturated heterocycles. The van der Waals surface area contributed by atoms with Crippen molar-refractivity contribution in [3.63, 3.8) is 0 Å². The fourth-order valence-electron chi connectivity index (χ4n) is 2.24. The van der Waals surface area contributed by atoms with Gasteiger partial charge < -0.3 is 25.2 Å². The molecule has 0 radical (unpaired) electrons. The van der Waals surface area contributed by atoms with Gasteiger partial charge in [-0.25, -0.2) is 4.39 Å². The van der Waals surface area contributed by atoms with Crippen molar-refractivity contribution in [1.29, 1.82) is 0 Å². The Bertz CT molecular complexity index is 519. The van der Waals surface area contributed by atoms with Crippen LogP contribution in [0.1, 0.15) is 18.4 Å². The first kappa shape index (κ1) is 17.5. The van der Waals surface area contributed by atoms with Crippen molar-refractivity contribution >= 4 is 5.96 Å². The third-order valence-corrected chi connectivity index (χ3v) is 3.55. The molecule has 1 aliphatic rings. The van der Waals surface area contributed by atoms with Crippen molar-refractivity contribution in [3.8, 4) is 5.75 Å². The van der Waals surface area contributed by atoms with E-state index in [2.05, 4.69) is 15.6 Å². The van der Waals surface area contributed by atoms with Gasteiger partial charge in [-0.3, -0.25) is 4.99 Å². The molecule has 7 heteroatoms. The Hall–Kier alpha value is -1.86. The van der Waals surface area contributed by atoms with Gasteiger partial charge in [0.05, 0.1) is 12.7 Å². The second kappa shape index (κ2) is 9.32. The maximum Gasteiger partial charge on any atom is 0.191 e. The summed E-state index contributed by atoms with van der Waals surface area (Å²) < 4.78 is 24.2. The van der Waals surface area contributed by atoms with Crippen molar-refractivity contribution in [2.24, 2.45) is 4.99 Å². The summed E-state index contributed by atoms with van der Waals surface area (Å²) in [4.78, 5) is 4.11. The van der Waals surface area contributed by atoms with Gasteiger partial charge in [0.2, 0.25) is 0 Å². The molecule has 1 unspecified atom stereocenters. The zero-order valence-electron chi connectivity index (χ0n) is 13.3. The topological polar surface area (TPSA) is 75.1 Å². The number of nitrogens with zero attached hydrogens (tertiary/aromatic N) is 1. The summed E-state index contributed by atoms with van der Waals surface area (Å²) in [6, 6.07) is 4.30. The molecule has 0 spiro atoms. The molecule has 1 atom stereocenters. The van der Waals surface area contributed by atoms with E-state index in [1.807, 2.05) is 0 Å². The lowest BCUT2D eigenvalue weighted by Crippen LogP contribution is -2.37. The van der Waals surface area contributed by atoms with E-state index in [1.165, 1.54) is 12.1 Å². The van der Waals surface area contributed by atoms with Crippen molar-refractivity contribution in [3.05, 3.63) is 29.6 Å². The molecule has 0 bridgehead atoms. The predicted octanol–water partition coefficient (Wildman–Crippen LogP) is 1.39. The molecule has 1 aromatic rings. The Morgan fingerprint density at radius 2 is 2.35 bits per heavy atom. The van der Waals surface area contributed by atoms with Crippen LogP contribution >= 0.6 is 0 Å². The minimum Gasteiger partial charge on any atom is -0.505 e. The first-order valence-corrected chi connectivity index (χ1v) is 7.80. The SMILES string of the molecule is CN=C(NCCCOC1CCOC1)NCc1ccc(O)c(F)c1. The van der Waals surface area contributed by atoms with Crippen LogP contribution in [0.5, 0.6) is 5.75 Å². The molecule has 0 amide bonds. The highest BCUT2D eigenvalue weighted by atomic mass is 19.1. The molecule has 1 heterocycles. The monoisotopic (exact) mass is 325 g/mol. The third-order valence-electron chi connectivity index (χ3n) is 3.55. The van der Waals surface area contributed by atoms with Crippen molar-refractivity contribution < 1.29 is 19.0 Å². The lowest BCUT2D eigenvalue weighted by molar-refractivity contribution is 0.0420. The molecule has 0 aromatic heterocycles. The summed E-state index contributed by atoms with van der Waals surface area (Å²) in [5.74, 6) is -0.327. The maximum atomic E-state index is 13.3. The lowest BCUT2D eigenvalue weighted by atomic mass is 10.2. The molecule has 1 aliphatic heterocycles. The summed E-state index contributed by atoms with van der Waals surface area (Å²) in [5.41, 5.74) is 0.729. The van der Waals surface area contributed by atoms with Gasteiger partial charge in [0, 0.05) is 33.4 Å². The summed E-state index contributed by atoms with van der Waals surface area (Å²) in [6.45, 7) is 3.32. The predicted molar refractivity (Wildman–Crippen MR) is 86.1 cm³/mol. The van der Waals surface area contributed by atoms with Gasteiger partial charge in [0.15, 0.2) is 17.5 Å². The lowest BCUT2D eigenvalue weighted by Gasteiger charge is -2.13. The number of nitrogens with one attached hydrogen (secondary N) is 2. The number of rotatable bonds is 7. The first-order valence-electron chi connectivity index (χ1n) is 7.80. The van der Waals surface area contributed by atoms with Crippen LogP contribution in [-0.4, -0.2) is 50.6 Å². The molecule has 3 N–H and O–H groups in total. The Morgan fingerprint density at radius 3 is 3.04 bits per heavy atom. The van der Waals surface area contributed by atoms with Crippen LogP contribution < -0.4 is 10.6 Å². The number of hydrogen-bond acceptors (Lipinski definition) is 4. The highest BCUT2D eigenvalue weighted by Crippen LogP contribution is 2.15. The van der Waals surface area contributed by atoms with E-state index in [9.17, 15) is 4.39 Å². The van der Waals surface area contributed by atoms with E-state index < -0.39 is 5.82 Å². The second-order valence-corrected chi connectivity index (χ2v) is 5.35. The zero-order chi connectivity index (χ0) is 16.5. The minimum absolute atomic E-state index is 0.233. The van der Waals surface area contributed by atoms with Gasteiger partial charge in [-0.2, -0.15) is 0 Å².